The lowest BCUT2D eigenvalue weighted by Crippen LogP contribution is -2.40. The van der Waals surface area contributed by atoms with Gasteiger partial charge in [0.1, 0.15) is 12.7 Å². The number of rotatable bonds is 3. The van der Waals surface area contributed by atoms with Gasteiger partial charge in [-0.3, -0.25) is 4.79 Å². The van der Waals surface area contributed by atoms with E-state index in [0.29, 0.717) is 30.2 Å². The van der Waals surface area contributed by atoms with E-state index in [2.05, 4.69) is 5.32 Å². The number of nitrogen functional groups attached to an aromatic ring is 1. The molecule has 1 aliphatic rings. The van der Waals surface area contributed by atoms with Crippen LogP contribution in [0.25, 0.3) is 0 Å². The summed E-state index contributed by atoms with van der Waals surface area (Å²) < 4.78 is 11.4. The topological polar surface area (TPSA) is 73.6 Å². The molecule has 1 heterocycles. The fourth-order valence-corrected chi connectivity index (χ4v) is 2.11. The summed E-state index contributed by atoms with van der Waals surface area (Å²) >= 11 is 0. The molecule has 0 radical (unpaired) electrons. The van der Waals surface area contributed by atoms with Gasteiger partial charge >= 0.3 is 0 Å². The Balaban J connectivity index is 1.56. The number of ether oxygens (including phenoxy) is 2. The second kappa shape index (κ2) is 5.75. The molecule has 2 aromatic rings. The number of hydrogen-bond acceptors (Lipinski definition) is 4. The quantitative estimate of drug-likeness (QED) is 0.843. The molecule has 0 fully saturated rings. The van der Waals surface area contributed by atoms with Gasteiger partial charge in [-0.15, -0.1) is 0 Å². The van der Waals surface area contributed by atoms with Crippen molar-refractivity contribution in [1.29, 1.82) is 0 Å². The zero-order chi connectivity index (χ0) is 14.7. The van der Waals surface area contributed by atoms with Crippen molar-refractivity contribution in [2.45, 2.75) is 6.10 Å². The summed E-state index contributed by atoms with van der Waals surface area (Å²) in [7, 11) is 0. The minimum Gasteiger partial charge on any atom is -0.486 e. The van der Waals surface area contributed by atoms with Crippen molar-refractivity contribution in [2.75, 3.05) is 18.9 Å². The van der Waals surface area contributed by atoms with Gasteiger partial charge in [-0.1, -0.05) is 12.1 Å². The van der Waals surface area contributed by atoms with Crippen molar-refractivity contribution in [3.63, 3.8) is 0 Å². The highest BCUT2D eigenvalue weighted by atomic mass is 16.6. The van der Waals surface area contributed by atoms with E-state index in [1.165, 1.54) is 0 Å². The molecule has 21 heavy (non-hydrogen) atoms. The molecule has 0 unspecified atom stereocenters. The number of hydrogen-bond donors (Lipinski definition) is 2. The molecule has 5 heteroatoms. The van der Waals surface area contributed by atoms with Crippen molar-refractivity contribution in [3.05, 3.63) is 54.1 Å². The number of amides is 1. The van der Waals surface area contributed by atoms with Crippen LogP contribution in [0.15, 0.2) is 48.5 Å². The van der Waals surface area contributed by atoms with Crippen LogP contribution in [0.1, 0.15) is 10.4 Å². The lowest BCUT2D eigenvalue weighted by Gasteiger charge is -2.26. The summed E-state index contributed by atoms with van der Waals surface area (Å²) in [6.07, 6.45) is -0.197. The smallest absolute Gasteiger partial charge is 0.251 e. The maximum atomic E-state index is 12.0. The third-order valence-corrected chi connectivity index (χ3v) is 3.23. The van der Waals surface area contributed by atoms with E-state index in [1.54, 1.807) is 24.3 Å². The number of para-hydroxylation sites is 2. The fraction of sp³-hybridized carbons (Fsp3) is 0.188. The predicted octanol–water partition coefficient (Wildman–Crippen LogP) is 1.84. The molecule has 0 saturated heterocycles. The minimum absolute atomic E-state index is 0.155. The van der Waals surface area contributed by atoms with Gasteiger partial charge in [0.05, 0.1) is 6.54 Å². The van der Waals surface area contributed by atoms with Crippen molar-refractivity contribution in [2.24, 2.45) is 0 Å². The molecular formula is C16H16N2O3. The van der Waals surface area contributed by atoms with Crippen LogP contribution < -0.4 is 20.5 Å². The van der Waals surface area contributed by atoms with Gasteiger partial charge in [0.2, 0.25) is 0 Å². The average Bonchev–Trinajstić information content (AvgIpc) is 2.53. The van der Waals surface area contributed by atoms with Gasteiger partial charge in [-0.2, -0.15) is 0 Å². The van der Waals surface area contributed by atoms with E-state index in [1.807, 2.05) is 24.3 Å². The van der Waals surface area contributed by atoms with Gasteiger partial charge in [-0.25, -0.2) is 0 Å². The first kappa shape index (κ1) is 13.3. The lowest BCUT2D eigenvalue weighted by molar-refractivity contribution is 0.0789. The van der Waals surface area contributed by atoms with Gasteiger partial charge < -0.3 is 20.5 Å². The van der Waals surface area contributed by atoms with E-state index < -0.39 is 0 Å². The summed E-state index contributed by atoms with van der Waals surface area (Å²) in [6.45, 7) is 0.802. The third kappa shape index (κ3) is 3.08. The summed E-state index contributed by atoms with van der Waals surface area (Å²) in [5, 5.41) is 2.83. The first-order chi connectivity index (χ1) is 10.2. The van der Waals surface area contributed by atoms with Gasteiger partial charge in [0, 0.05) is 11.3 Å². The highest BCUT2D eigenvalue weighted by Crippen LogP contribution is 2.30. The largest absolute Gasteiger partial charge is 0.486 e. The summed E-state index contributed by atoms with van der Waals surface area (Å²) in [5.74, 6) is 1.28. The molecule has 0 aromatic heterocycles. The van der Waals surface area contributed by atoms with E-state index >= 15 is 0 Å². The first-order valence-corrected chi connectivity index (χ1v) is 6.74. The zero-order valence-electron chi connectivity index (χ0n) is 11.4. The first-order valence-electron chi connectivity index (χ1n) is 6.74. The average molecular weight is 284 g/mol. The molecule has 3 N–H and O–H groups in total. The molecule has 0 spiro atoms. The Morgan fingerprint density at radius 1 is 1.14 bits per heavy atom. The van der Waals surface area contributed by atoms with Crippen LogP contribution >= 0.6 is 0 Å². The number of benzene rings is 2. The summed E-state index contributed by atoms with van der Waals surface area (Å²) in [6, 6.07) is 14.3. The number of anilines is 1. The molecule has 108 valence electrons. The normalized spacial score (nSPS) is 16.3. The standard InChI is InChI=1S/C16H16N2O3/c17-12-7-5-11(6-8-12)16(19)18-9-13-10-20-14-3-1-2-4-15(14)21-13/h1-8,13H,9-10,17H2,(H,18,19)/t13-/m0/s1. The number of nitrogens with one attached hydrogen (secondary N) is 1. The predicted molar refractivity (Wildman–Crippen MR) is 79.5 cm³/mol. The van der Waals surface area contributed by atoms with Gasteiger partial charge in [0.15, 0.2) is 11.5 Å². The van der Waals surface area contributed by atoms with E-state index in [9.17, 15) is 4.79 Å². The molecule has 0 bridgehead atoms. The Morgan fingerprint density at radius 2 is 1.86 bits per heavy atom. The Labute approximate surface area is 122 Å². The molecule has 5 nitrogen and oxygen atoms in total. The van der Waals surface area contributed by atoms with E-state index in [-0.39, 0.29) is 12.0 Å². The van der Waals surface area contributed by atoms with Crippen LogP contribution in [0.2, 0.25) is 0 Å². The number of carbonyl (C=O) groups excluding carboxylic acids is 1. The molecule has 3 rings (SSSR count). The Hall–Kier alpha value is -2.69. The molecule has 1 atom stereocenters. The third-order valence-electron chi connectivity index (χ3n) is 3.23. The van der Waals surface area contributed by atoms with Crippen LogP contribution in [-0.4, -0.2) is 25.2 Å². The van der Waals surface area contributed by atoms with Crippen molar-refractivity contribution in [1.82, 2.24) is 5.32 Å². The summed E-state index contributed by atoms with van der Waals surface area (Å²) in [5.41, 5.74) is 6.80. The molecule has 1 amide bonds. The van der Waals surface area contributed by atoms with Crippen LogP contribution in [-0.2, 0) is 0 Å². The van der Waals surface area contributed by atoms with Gasteiger partial charge in [-0.05, 0) is 36.4 Å². The number of carbonyl (C=O) groups is 1. The molecule has 2 aromatic carbocycles. The lowest BCUT2D eigenvalue weighted by atomic mass is 10.2. The van der Waals surface area contributed by atoms with Gasteiger partial charge in [0.25, 0.3) is 5.91 Å². The second-order valence-electron chi connectivity index (χ2n) is 4.83. The fourth-order valence-electron chi connectivity index (χ4n) is 2.11. The van der Waals surface area contributed by atoms with Crippen molar-refractivity contribution in [3.8, 4) is 11.5 Å². The second-order valence-corrected chi connectivity index (χ2v) is 4.83. The summed E-state index contributed by atoms with van der Waals surface area (Å²) in [4.78, 5) is 12.0. The SMILES string of the molecule is Nc1ccc(C(=O)NC[C@H]2COc3ccccc3O2)cc1. The molecule has 0 aliphatic carbocycles. The Morgan fingerprint density at radius 3 is 2.62 bits per heavy atom. The van der Waals surface area contributed by atoms with Crippen molar-refractivity contribution >= 4 is 11.6 Å². The Kier molecular flexibility index (Phi) is 3.64. The van der Waals surface area contributed by atoms with Crippen molar-refractivity contribution < 1.29 is 14.3 Å². The molecule has 1 aliphatic heterocycles. The van der Waals surface area contributed by atoms with Crippen LogP contribution in [0.3, 0.4) is 0 Å². The maximum Gasteiger partial charge on any atom is 0.251 e. The number of fused-ring (bicyclic) bond motifs is 1. The maximum absolute atomic E-state index is 12.0. The highest BCUT2D eigenvalue weighted by molar-refractivity contribution is 5.94. The van der Waals surface area contributed by atoms with Crippen LogP contribution in [0, 0.1) is 0 Å². The Bertz CT molecular complexity index is 640. The zero-order valence-corrected chi connectivity index (χ0v) is 11.4. The number of nitrogens with two attached hydrogens (primary N) is 1. The van der Waals surface area contributed by atoms with E-state index in [4.69, 9.17) is 15.2 Å². The molecular weight excluding hydrogens is 268 g/mol. The molecule has 0 saturated carbocycles. The highest BCUT2D eigenvalue weighted by Gasteiger charge is 2.21. The van der Waals surface area contributed by atoms with Crippen LogP contribution in [0.4, 0.5) is 5.69 Å². The monoisotopic (exact) mass is 284 g/mol. The van der Waals surface area contributed by atoms with E-state index in [0.717, 1.165) is 5.75 Å². The minimum atomic E-state index is -0.197. The van der Waals surface area contributed by atoms with Crippen LogP contribution in [0.5, 0.6) is 11.5 Å².